The minimum atomic E-state index is -0.688. The molecule has 3 rings (SSSR count). The largest absolute Gasteiger partial charge is 0.465 e. The summed E-state index contributed by atoms with van der Waals surface area (Å²) in [6, 6.07) is 7.80. The van der Waals surface area contributed by atoms with Crippen LogP contribution >= 0.6 is 22.7 Å². The number of aryl methyl sites for hydroxylation is 2. The molecule has 3 aromatic rings. The smallest absolute Gasteiger partial charge is 0.358 e. The first-order valence-electron chi connectivity index (χ1n) is 8.98. The van der Waals surface area contributed by atoms with Gasteiger partial charge < -0.3 is 14.8 Å². The quantitative estimate of drug-likeness (QED) is 0.567. The van der Waals surface area contributed by atoms with Crippen LogP contribution in [0.5, 0.6) is 0 Å². The Bertz CT molecular complexity index is 1100. The molecule has 1 amide bonds. The number of esters is 2. The van der Waals surface area contributed by atoms with Gasteiger partial charge in [0.2, 0.25) is 0 Å². The van der Waals surface area contributed by atoms with Gasteiger partial charge in [-0.15, -0.1) is 22.7 Å². The monoisotopic (exact) mass is 444 g/mol. The second-order valence-electron chi connectivity index (χ2n) is 6.51. The number of nitrogens with zero attached hydrogens (tertiary/aromatic N) is 1. The minimum Gasteiger partial charge on any atom is -0.465 e. The lowest BCUT2D eigenvalue weighted by molar-refractivity contribution is -0.119. The summed E-state index contributed by atoms with van der Waals surface area (Å²) in [6.45, 7) is 5.12. The van der Waals surface area contributed by atoms with Crippen molar-refractivity contribution in [1.82, 2.24) is 4.98 Å². The molecule has 0 unspecified atom stereocenters. The number of nitrogens with one attached hydrogen (secondary N) is 1. The standard InChI is InChI=1S/C21H20N2O5S2/c1-11-5-7-14(8-6-11)18-22-15(10-29-18)20(25)28-9-16(24)23-19-17(21(26)27-4)12(2)13(3)30-19/h5-8,10H,9H2,1-4H3,(H,23,24). The number of rotatable bonds is 6. The Hall–Kier alpha value is -3.04. The van der Waals surface area contributed by atoms with E-state index in [1.807, 2.05) is 38.1 Å². The van der Waals surface area contributed by atoms with Gasteiger partial charge in [-0.25, -0.2) is 14.6 Å². The number of benzene rings is 1. The summed E-state index contributed by atoms with van der Waals surface area (Å²) in [7, 11) is 1.28. The number of hydrogen-bond acceptors (Lipinski definition) is 8. The SMILES string of the molecule is COC(=O)c1c(NC(=O)COC(=O)c2csc(-c3ccc(C)cc3)n2)sc(C)c1C. The third-order valence-electron chi connectivity index (χ3n) is 4.37. The van der Waals surface area contributed by atoms with E-state index in [-0.39, 0.29) is 5.69 Å². The van der Waals surface area contributed by atoms with Gasteiger partial charge in [-0.05, 0) is 26.3 Å². The van der Waals surface area contributed by atoms with Crippen molar-refractivity contribution in [1.29, 1.82) is 0 Å². The van der Waals surface area contributed by atoms with Crippen molar-refractivity contribution in [2.24, 2.45) is 0 Å². The lowest BCUT2D eigenvalue weighted by Gasteiger charge is -2.06. The van der Waals surface area contributed by atoms with E-state index in [9.17, 15) is 14.4 Å². The number of thiazole rings is 1. The second-order valence-corrected chi connectivity index (χ2v) is 8.59. The molecule has 156 valence electrons. The molecule has 0 fully saturated rings. The van der Waals surface area contributed by atoms with Crippen molar-refractivity contribution in [3.05, 3.63) is 56.9 Å². The predicted octanol–water partition coefficient (Wildman–Crippen LogP) is 4.38. The molecule has 1 N–H and O–H groups in total. The molecule has 0 aliphatic carbocycles. The molecule has 0 aliphatic heterocycles. The molecule has 0 aliphatic rings. The summed E-state index contributed by atoms with van der Waals surface area (Å²) in [5.41, 5.74) is 3.22. The highest BCUT2D eigenvalue weighted by Crippen LogP contribution is 2.33. The third kappa shape index (κ3) is 4.74. The molecule has 2 heterocycles. The maximum absolute atomic E-state index is 12.3. The van der Waals surface area contributed by atoms with Crippen LogP contribution in [-0.4, -0.2) is 36.5 Å². The Morgan fingerprint density at radius 2 is 1.77 bits per heavy atom. The molecule has 1 aromatic carbocycles. The zero-order chi connectivity index (χ0) is 21.8. The Morgan fingerprint density at radius 1 is 1.07 bits per heavy atom. The van der Waals surface area contributed by atoms with E-state index < -0.39 is 24.5 Å². The van der Waals surface area contributed by atoms with Crippen LogP contribution in [-0.2, 0) is 14.3 Å². The molecule has 2 aromatic heterocycles. The zero-order valence-electron chi connectivity index (χ0n) is 16.9. The van der Waals surface area contributed by atoms with Crippen molar-refractivity contribution in [2.45, 2.75) is 20.8 Å². The first-order chi connectivity index (χ1) is 14.3. The fourth-order valence-electron chi connectivity index (χ4n) is 2.63. The van der Waals surface area contributed by atoms with Crippen molar-refractivity contribution >= 4 is 45.5 Å². The minimum absolute atomic E-state index is 0.140. The Labute approximate surface area is 181 Å². The molecule has 30 heavy (non-hydrogen) atoms. The number of hydrogen-bond donors (Lipinski definition) is 1. The first-order valence-corrected chi connectivity index (χ1v) is 10.7. The average molecular weight is 445 g/mol. The van der Waals surface area contributed by atoms with Gasteiger partial charge in [0, 0.05) is 15.8 Å². The van der Waals surface area contributed by atoms with Crippen molar-refractivity contribution in [3.63, 3.8) is 0 Å². The first kappa shape index (κ1) is 21.7. The third-order valence-corrected chi connectivity index (χ3v) is 6.39. The van der Waals surface area contributed by atoms with E-state index in [4.69, 9.17) is 9.47 Å². The molecule has 0 atom stereocenters. The molecule has 0 saturated heterocycles. The summed E-state index contributed by atoms with van der Waals surface area (Å²) in [5.74, 6) is -1.77. The number of thiophene rings is 1. The summed E-state index contributed by atoms with van der Waals surface area (Å²) in [4.78, 5) is 41.6. The van der Waals surface area contributed by atoms with E-state index in [0.717, 1.165) is 21.6 Å². The Kier molecular flexibility index (Phi) is 6.63. The fraction of sp³-hybridized carbons (Fsp3) is 0.238. The van der Waals surface area contributed by atoms with Crippen LogP contribution in [0.4, 0.5) is 5.00 Å². The number of amides is 1. The molecule has 7 nitrogen and oxygen atoms in total. The van der Waals surface area contributed by atoms with Crippen LogP contribution in [0.2, 0.25) is 0 Å². The van der Waals surface area contributed by atoms with Crippen LogP contribution < -0.4 is 5.32 Å². The highest BCUT2D eigenvalue weighted by Gasteiger charge is 2.22. The van der Waals surface area contributed by atoms with Crippen LogP contribution in [0, 0.1) is 20.8 Å². The molecule has 0 radical (unpaired) electrons. The Morgan fingerprint density at radius 3 is 2.43 bits per heavy atom. The van der Waals surface area contributed by atoms with E-state index >= 15 is 0 Å². The van der Waals surface area contributed by atoms with Gasteiger partial charge in [0.05, 0.1) is 12.7 Å². The van der Waals surface area contributed by atoms with Gasteiger partial charge in [-0.2, -0.15) is 0 Å². The number of ether oxygens (including phenoxy) is 2. The van der Waals surface area contributed by atoms with E-state index in [0.29, 0.717) is 15.6 Å². The summed E-state index contributed by atoms with van der Waals surface area (Å²) >= 11 is 2.59. The van der Waals surface area contributed by atoms with Crippen molar-refractivity contribution < 1.29 is 23.9 Å². The Balaban J connectivity index is 1.62. The summed E-state index contributed by atoms with van der Waals surface area (Å²) in [5, 5.41) is 5.27. The number of anilines is 1. The van der Waals surface area contributed by atoms with Gasteiger partial charge >= 0.3 is 11.9 Å². The van der Waals surface area contributed by atoms with Gasteiger partial charge in [0.15, 0.2) is 12.3 Å². The van der Waals surface area contributed by atoms with Gasteiger partial charge in [-0.3, -0.25) is 4.79 Å². The summed E-state index contributed by atoms with van der Waals surface area (Å²) in [6.07, 6.45) is 0. The topological polar surface area (TPSA) is 94.6 Å². The number of aromatic nitrogens is 1. The fourth-order valence-corrected chi connectivity index (χ4v) is 4.49. The van der Waals surface area contributed by atoms with Crippen LogP contribution in [0.3, 0.4) is 0 Å². The van der Waals surface area contributed by atoms with Gasteiger partial charge in [0.1, 0.15) is 10.0 Å². The highest BCUT2D eigenvalue weighted by atomic mass is 32.1. The van der Waals surface area contributed by atoms with Crippen LogP contribution in [0.15, 0.2) is 29.6 Å². The molecule has 0 spiro atoms. The maximum atomic E-state index is 12.3. The van der Waals surface area contributed by atoms with Crippen molar-refractivity contribution in [3.8, 4) is 10.6 Å². The van der Waals surface area contributed by atoms with Crippen LogP contribution in [0.1, 0.15) is 36.9 Å². The van der Waals surface area contributed by atoms with E-state index in [2.05, 4.69) is 10.3 Å². The maximum Gasteiger partial charge on any atom is 0.358 e. The number of methoxy groups -OCH3 is 1. The average Bonchev–Trinajstić information content (AvgIpc) is 3.32. The van der Waals surface area contributed by atoms with Gasteiger partial charge in [-0.1, -0.05) is 29.8 Å². The zero-order valence-corrected chi connectivity index (χ0v) is 18.5. The van der Waals surface area contributed by atoms with E-state index in [1.54, 1.807) is 12.3 Å². The molecular weight excluding hydrogens is 424 g/mol. The van der Waals surface area contributed by atoms with Gasteiger partial charge in [0.25, 0.3) is 5.91 Å². The number of carbonyl (C=O) groups excluding carboxylic acids is 3. The normalized spacial score (nSPS) is 10.5. The molecular formula is C21H20N2O5S2. The number of carbonyl (C=O) groups is 3. The van der Waals surface area contributed by atoms with E-state index in [1.165, 1.54) is 29.8 Å². The summed E-state index contributed by atoms with van der Waals surface area (Å²) < 4.78 is 9.85. The lowest BCUT2D eigenvalue weighted by Crippen LogP contribution is -2.21. The lowest BCUT2D eigenvalue weighted by atomic mass is 10.1. The van der Waals surface area contributed by atoms with Crippen molar-refractivity contribution in [2.75, 3.05) is 19.0 Å². The van der Waals surface area contributed by atoms with Crippen LogP contribution in [0.25, 0.3) is 10.6 Å². The predicted molar refractivity (Wildman–Crippen MR) is 116 cm³/mol. The molecule has 0 saturated carbocycles. The second kappa shape index (κ2) is 9.19. The molecule has 0 bridgehead atoms. The highest BCUT2D eigenvalue weighted by molar-refractivity contribution is 7.16. The molecule has 9 heteroatoms.